The van der Waals surface area contributed by atoms with E-state index in [1.807, 2.05) is 6.07 Å². The zero-order valence-corrected chi connectivity index (χ0v) is 11.6. The standard InChI is InChI=1S/C14H16ClN3O/c1-2-6-17-12-5-7-18(14(12)19)13-4-3-10(9-16)8-11(13)15/h3-4,8,12,17H,2,5-7H2,1H3. The van der Waals surface area contributed by atoms with Gasteiger partial charge in [0.05, 0.1) is 28.4 Å². The summed E-state index contributed by atoms with van der Waals surface area (Å²) in [5.74, 6) is 0.0556. The zero-order valence-electron chi connectivity index (χ0n) is 10.8. The van der Waals surface area contributed by atoms with Crippen LogP contribution >= 0.6 is 11.6 Å². The Labute approximate surface area is 118 Å². The molecule has 1 aromatic rings. The largest absolute Gasteiger partial charge is 0.310 e. The van der Waals surface area contributed by atoms with Gasteiger partial charge in [-0.3, -0.25) is 4.79 Å². The number of carbonyl (C=O) groups excluding carboxylic acids is 1. The molecule has 1 N–H and O–H groups in total. The molecule has 0 aromatic heterocycles. The fraction of sp³-hybridized carbons (Fsp3) is 0.429. The van der Waals surface area contributed by atoms with Crippen molar-refractivity contribution in [2.45, 2.75) is 25.8 Å². The summed E-state index contributed by atoms with van der Waals surface area (Å²) in [6, 6.07) is 6.93. The van der Waals surface area contributed by atoms with E-state index in [1.54, 1.807) is 23.1 Å². The fourth-order valence-electron chi connectivity index (χ4n) is 2.22. The van der Waals surface area contributed by atoms with Gasteiger partial charge in [0.15, 0.2) is 0 Å². The van der Waals surface area contributed by atoms with Crippen LogP contribution in [0.1, 0.15) is 25.3 Å². The number of hydrogen-bond acceptors (Lipinski definition) is 3. The summed E-state index contributed by atoms with van der Waals surface area (Å²) in [7, 11) is 0. The van der Waals surface area contributed by atoms with E-state index in [2.05, 4.69) is 12.2 Å². The van der Waals surface area contributed by atoms with Gasteiger partial charge in [-0.1, -0.05) is 18.5 Å². The van der Waals surface area contributed by atoms with Crippen molar-refractivity contribution in [3.8, 4) is 6.07 Å². The maximum Gasteiger partial charge on any atom is 0.244 e. The lowest BCUT2D eigenvalue weighted by molar-refractivity contribution is -0.118. The third-order valence-corrected chi connectivity index (χ3v) is 3.52. The van der Waals surface area contributed by atoms with Crippen LogP contribution in [0.2, 0.25) is 5.02 Å². The van der Waals surface area contributed by atoms with Crippen molar-refractivity contribution in [3.05, 3.63) is 28.8 Å². The van der Waals surface area contributed by atoms with Crippen molar-refractivity contribution in [1.82, 2.24) is 5.32 Å². The molecule has 1 atom stereocenters. The highest BCUT2D eigenvalue weighted by molar-refractivity contribution is 6.34. The van der Waals surface area contributed by atoms with Gasteiger partial charge in [0.25, 0.3) is 0 Å². The quantitative estimate of drug-likeness (QED) is 0.919. The Hall–Kier alpha value is -1.57. The van der Waals surface area contributed by atoms with Crippen LogP contribution in [0, 0.1) is 11.3 Å². The van der Waals surface area contributed by atoms with Crippen LogP contribution in [0.5, 0.6) is 0 Å². The normalized spacial score (nSPS) is 18.7. The Bertz CT molecular complexity index is 524. The van der Waals surface area contributed by atoms with E-state index in [4.69, 9.17) is 16.9 Å². The molecule has 0 aliphatic carbocycles. The van der Waals surface area contributed by atoms with Gasteiger partial charge in [-0.05, 0) is 37.6 Å². The van der Waals surface area contributed by atoms with Gasteiger partial charge >= 0.3 is 0 Å². The predicted molar refractivity (Wildman–Crippen MR) is 75.2 cm³/mol. The molecule has 1 aliphatic heterocycles. The Morgan fingerprint density at radius 2 is 2.37 bits per heavy atom. The van der Waals surface area contributed by atoms with Crippen molar-refractivity contribution in [2.75, 3.05) is 18.0 Å². The predicted octanol–water partition coefficient (Wildman–Crippen LogP) is 2.32. The van der Waals surface area contributed by atoms with Crippen molar-refractivity contribution < 1.29 is 4.79 Å². The van der Waals surface area contributed by atoms with Crippen LogP contribution in [0.3, 0.4) is 0 Å². The first-order chi connectivity index (χ1) is 9.17. The molecule has 100 valence electrons. The molecular formula is C14H16ClN3O. The van der Waals surface area contributed by atoms with Gasteiger partial charge in [0.1, 0.15) is 0 Å². The summed E-state index contributed by atoms with van der Waals surface area (Å²) in [5.41, 5.74) is 1.19. The van der Waals surface area contributed by atoms with Crippen molar-refractivity contribution in [3.63, 3.8) is 0 Å². The molecule has 0 bridgehead atoms. The first-order valence-corrected chi connectivity index (χ1v) is 6.79. The van der Waals surface area contributed by atoms with Crippen LogP contribution in [-0.2, 0) is 4.79 Å². The second kappa shape index (κ2) is 6.05. The molecular weight excluding hydrogens is 262 g/mol. The van der Waals surface area contributed by atoms with Gasteiger partial charge < -0.3 is 10.2 Å². The number of anilines is 1. The summed E-state index contributed by atoms with van der Waals surface area (Å²) in [6.45, 7) is 3.57. The molecule has 1 saturated heterocycles. The van der Waals surface area contributed by atoms with Crippen molar-refractivity contribution >= 4 is 23.2 Å². The number of carbonyl (C=O) groups is 1. The number of nitriles is 1. The lowest BCUT2D eigenvalue weighted by Crippen LogP contribution is -2.38. The number of rotatable bonds is 4. The molecule has 5 heteroatoms. The zero-order chi connectivity index (χ0) is 13.8. The summed E-state index contributed by atoms with van der Waals surface area (Å²) >= 11 is 6.14. The SMILES string of the molecule is CCCNC1CCN(c2ccc(C#N)cc2Cl)C1=O. The highest BCUT2D eigenvalue weighted by atomic mass is 35.5. The molecule has 2 rings (SSSR count). The van der Waals surface area contributed by atoms with Gasteiger partial charge in [-0.25, -0.2) is 0 Å². The lowest BCUT2D eigenvalue weighted by atomic mass is 10.2. The van der Waals surface area contributed by atoms with E-state index in [9.17, 15) is 4.79 Å². The second-order valence-electron chi connectivity index (χ2n) is 4.56. The van der Waals surface area contributed by atoms with Crippen LogP contribution in [0.25, 0.3) is 0 Å². The molecule has 4 nitrogen and oxygen atoms in total. The monoisotopic (exact) mass is 277 g/mol. The van der Waals surface area contributed by atoms with E-state index in [0.717, 1.165) is 19.4 Å². The number of nitrogens with one attached hydrogen (secondary N) is 1. The molecule has 1 aliphatic rings. The van der Waals surface area contributed by atoms with E-state index in [0.29, 0.717) is 22.8 Å². The topological polar surface area (TPSA) is 56.1 Å². The average molecular weight is 278 g/mol. The van der Waals surface area contributed by atoms with E-state index >= 15 is 0 Å². The molecule has 1 fully saturated rings. The van der Waals surface area contributed by atoms with Crippen LogP contribution in [-0.4, -0.2) is 25.0 Å². The Morgan fingerprint density at radius 3 is 3.00 bits per heavy atom. The van der Waals surface area contributed by atoms with Gasteiger partial charge in [0.2, 0.25) is 5.91 Å². The van der Waals surface area contributed by atoms with Gasteiger partial charge in [-0.2, -0.15) is 5.26 Å². The van der Waals surface area contributed by atoms with E-state index in [-0.39, 0.29) is 11.9 Å². The average Bonchev–Trinajstić information content (AvgIpc) is 2.77. The molecule has 19 heavy (non-hydrogen) atoms. The third kappa shape index (κ3) is 2.89. The van der Waals surface area contributed by atoms with Crippen molar-refractivity contribution in [1.29, 1.82) is 5.26 Å². The molecule has 1 heterocycles. The Balaban J connectivity index is 2.15. The lowest BCUT2D eigenvalue weighted by Gasteiger charge is -2.18. The van der Waals surface area contributed by atoms with E-state index < -0.39 is 0 Å². The highest BCUT2D eigenvalue weighted by Crippen LogP contribution is 2.30. The van der Waals surface area contributed by atoms with Crippen LogP contribution in [0.4, 0.5) is 5.69 Å². The molecule has 1 aromatic carbocycles. The third-order valence-electron chi connectivity index (χ3n) is 3.21. The summed E-state index contributed by atoms with van der Waals surface area (Å²) in [4.78, 5) is 13.9. The molecule has 1 unspecified atom stereocenters. The minimum atomic E-state index is -0.119. The maximum atomic E-state index is 12.3. The molecule has 0 saturated carbocycles. The molecule has 0 spiro atoms. The molecule has 1 amide bonds. The minimum Gasteiger partial charge on any atom is -0.310 e. The summed E-state index contributed by atoms with van der Waals surface area (Å²) in [5, 5.41) is 12.5. The van der Waals surface area contributed by atoms with Gasteiger partial charge in [0, 0.05) is 6.54 Å². The number of hydrogen-bond donors (Lipinski definition) is 1. The number of nitrogens with zero attached hydrogens (tertiary/aromatic N) is 2. The van der Waals surface area contributed by atoms with Crippen LogP contribution in [0.15, 0.2) is 18.2 Å². The summed E-state index contributed by atoms with van der Waals surface area (Å²) in [6.07, 6.45) is 1.79. The summed E-state index contributed by atoms with van der Waals surface area (Å²) < 4.78 is 0. The first kappa shape index (κ1) is 13.9. The Kier molecular flexibility index (Phi) is 4.41. The number of benzene rings is 1. The smallest absolute Gasteiger partial charge is 0.244 e. The van der Waals surface area contributed by atoms with E-state index in [1.165, 1.54) is 0 Å². The van der Waals surface area contributed by atoms with Crippen molar-refractivity contribution in [2.24, 2.45) is 0 Å². The fourth-order valence-corrected chi connectivity index (χ4v) is 2.50. The first-order valence-electron chi connectivity index (χ1n) is 6.41. The maximum absolute atomic E-state index is 12.3. The number of halogens is 1. The van der Waals surface area contributed by atoms with Gasteiger partial charge in [-0.15, -0.1) is 0 Å². The van der Waals surface area contributed by atoms with Crippen LogP contribution < -0.4 is 10.2 Å². The molecule has 0 radical (unpaired) electrons. The highest BCUT2D eigenvalue weighted by Gasteiger charge is 2.32. The Morgan fingerprint density at radius 1 is 1.58 bits per heavy atom. The minimum absolute atomic E-state index is 0.0556. The number of amides is 1. The second-order valence-corrected chi connectivity index (χ2v) is 4.97.